The van der Waals surface area contributed by atoms with Crippen LogP contribution in [0.4, 0.5) is 19.0 Å². The molecule has 2 bridgehead atoms. The van der Waals surface area contributed by atoms with E-state index in [2.05, 4.69) is 10.3 Å². The van der Waals surface area contributed by atoms with E-state index < -0.39 is 50.9 Å². The van der Waals surface area contributed by atoms with Crippen molar-refractivity contribution in [3.05, 3.63) is 102 Å². The van der Waals surface area contributed by atoms with Crippen molar-refractivity contribution in [3.8, 4) is 28.5 Å². The summed E-state index contributed by atoms with van der Waals surface area (Å²) >= 11 is 0. The van der Waals surface area contributed by atoms with Crippen molar-refractivity contribution in [3.63, 3.8) is 0 Å². The van der Waals surface area contributed by atoms with Crippen LogP contribution in [0.1, 0.15) is 36.8 Å². The van der Waals surface area contributed by atoms with Crippen molar-refractivity contribution in [2.24, 2.45) is 17.8 Å². The van der Waals surface area contributed by atoms with Crippen molar-refractivity contribution in [2.45, 2.75) is 43.5 Å². The molecule has 3 aromatic carbocycles. The monoisotopic (exact) mass is 670 g/mol. The molecule has 0 saturated heterocycles. The fourth-order valence-electron chi connectivity index (χ4n) is 7.46. The van der Waals surface area contributed by atoms with E-state index in [1.807, 2.05) is 6.07 Å². The number of anilines is 1. The molecule has 2 heterocycles. The second-order valence-electron chi connectivity index (χ2n) is 12.5. The minimum absolute atomic E-state index is 0.0682. The van der Waals surface area contributed by atoms with Gasteiger partial charge in [0, 0.05) is 34.8 Å². The molecule has 2 aromatic heterocycles. The van der Waals surface area contributed by atoms with Crippen LogP contribution in [-0.4, -0.2) is 34.5 Å². The third-order valence-corrected chi connectivity index (χ3v) is 11.4. The number of hydrogen-bond acceptors (Lipinski definition) is 6. The van der Waals surface area contributed by atoms with Crippen LogP contribution in [0.25, 0.3) is 33.3 Å². The van der Waals surface area contributed by atoms with Gasteiger partial charge in [-0.1, -0.05) is 48.0 Å². The van der Waals surface area contributed by atoms with Gasteiger partial charge < -0.3 is 10.4 Å². The highest BCUT2D eigenvalue weighted by molar-refractivity contribution is 7.90. The summed E-state index contributed by atoms with van der Waals surface area (Å²) in [5.74, 6) is -5.39. The Hall–Kier alpha value is -5.15. The van der Waals surface area contributed by atoms with Gasteiger partial charge in [-0.2, -0.15) is 5.26 Å². The van der Waals surface area contributed by atoms with Gasteiger partial charge >= 0.3 is 5.97 Å². The number of carboxylic acids is 1. The molecule has 3 saturated carbocycles. The summed E-state index contributed by atoms with van der Waals surface area (Å²) in [5, 5.41) is 23.5. The number of carbonyl (C=O) groups is 1. The van der Waals surface area contributed by atoms with Gasteiger partial charge in [-0.05, 0) is 68.2 Å². The smallest absolute Gasteiger partial charge is 0.308 e. The molecule has 2 N–H and O–H groups in total. The van der Waals surface area contributed by atoms with Crippen LogP contribution in [0.15, 0.2) is 77.8 Å². The molecule has 244 valence electrons. The van der Waals surface area contributed by atoms with Crippen LogP contribution in [-0.2, 0) is 14.8 Å². The predicted octanol–water partition coefficient (Wildman–Crippen LogP) is 7.51. The van der Waals surface area contributed by atoms with Crippen LogP contribution in [0.2, 0.25) is 0 Å². The number of benzene rings is 3. The molecule has 3 aliphatic rings. The number of nitriles is 1. The van der Waals surface area contributed by atoms with E-state index in [9.17, 15) is 28.0 Å². The predicted molar refractivity (Wildman–Crippen MR) is 173 cm³/mol. The van der Waals surface area contributed by atoms with Gasteiger partial charge in [0.05, 0.1) is 22.1 Å². The SMILES string of the molecule is Cc1ccc(S(=O)(=O)n2cc(-c3nc(NC4C5CCC(CC5)C4C(=O)O)c(F)c(-c4ccccc4)c3C#N)c3cc(F)cc(F)c32)cc1. The summed E-state index contributed by atoms with van der Waals surface area (Å²) in [5.41, 5.74) is -0.200. The Labute approximate surface area is 274 Å². The normalized spacial score (nSPS) is 20.5. The number of rotatable bonds is 7. The molecule has 5 aromatic rings. The number of fused-ring (bicyclic) bond motifs is 4. The van der Waals surface area contributed by atoms with Gasteiger partial charge in [0.2, 0.25) is 0 Å². The van der Waals surface area contributed by atoms with Gasteiger partial charge in [0.1, 0.15) is 17.4 Å². The molecule has 48 heavy (non-hydrogen) atoms. The molecule has 8 nitrogen and oxygen atoms in total. The lowest BCUT2D eigenvalue weighted by molar-refractivity contribution is -0.148. The maximum absolute atomic E-state index is 16.7. The first kappa shape index (κ1) is 31.4. The van der Waals surface area contributed by atoms with Crippen molar-refractivity contribution in [1.29, 1.82) is 5.26 Å². The third-order valence-electron chi connectivity index (χ3n) is 9.74. The van der Waals surface area contributed by atoms with Crippen LogP contribution in [0.3, 0.4) is 0 Å². The first-order chi connectivity index (χ1) is 23.0. The highest BCUT2D eigenvalue weighted by Gasteiger charge is 2.48. The van der Waals surface area contributed by atoms with Gasteiger partial charge in [0.25, 0.3) is 10.0 Å². The number of aromatic nitrogens is 2. The molecule has 0 radical (unpaired) electrons. The average molecular weight is 671 g/mol. The largest absolute Gasteiger partial charge is 0.481 e. The van der Waals surface area contributed by atoms with E-state index in [0.29, 0.717) is 15.6 Å². The minimum Gasteiger partial charge on any atom is -0.481 e. The number of aryl methyl sites for hydroxylation is 1. The summed E-state index contributed by atoms with van der Waals surface area (Å²) in [4.78, 5) is 16.8. The molecule has 3 fully saturated rings. The quantitative estimate of drug-likeness (QED) is 0.184. The highest BCUT2D eigenvalue weighted by Crippen LogP contribution is 2.47. The number of nitrogens with one attached hydrogen (secondary N) is 1. The molecule has 0 aliphatic heterocycles. The van der Waals surface area contributed by atoms with E-state index >= 15 is 8.78 Å². The maximum atomic E-state index is 16.7. The Kier molecular flexibility index (Phi) is 7.75. The summed E-state index contributed by atoms with van der Waals surface area (Å²) in [6, 6.07) is 16.9. The summed E-state index contributed by atoms with van der Waals surface area (Å²) in [6.07, 6.45) is 4.06. The van der Waals surface area contributed by atoms with Crippen molar-refractivity contribution >= 4 is 32.7 Å². The summed E-state index contributed by atoms with van der Waals surface area (Å²) in [7, 11) is -4.46. The van der Waals surface area contributed by atoms with Crippen molar-refractivity contribution in [1.82, 2.24) is 8.96 Å². The number of pyridine rings is 1. The molecule has 3 aliphatic carbocycles. The Balaban J connectivity index is 1.51. The first-order valence-corrected chi connectivity index (χ1v) is 16.9. The van der Waals surface area contributed by atoms with Crippen molar-refractivity contribution < 1.29 is 31.5 Å². The van der Waals surface area contributed by atoms with Gasteiger partial charge in [0.15, 0.2) is 17.5 Å². The van der Waals surface area contributed by atoms with Crippen LogP contribution >= 0.6 is 0 Å². The van der Waals surface area contributed by atoms with Gasteiger partial charge in [-0.3, -0.25) is 4.79 Å². The second-order valence-corrected chi connectivity index (χ2v) is 14.3. The summed E-state index contributed by atoms with van der Waals surface area (Å²) < 4.78 is 75.6. The van der Waals surface area contributed by atoms with E-state index in [1.54, 1.807) is 49.4 Å². The lowest BCUT2D eigenvalue weighted by atomic mass is 9.61. The number of nitrogens with zero attached hydrogens (tertiary/aromatic N) is 3. The minimum atomic E-state index is -4.46. The fraction of sp³-hybridized carbons (Fsp3) is 0.250. The number of halogens is 3. The Bertz CT molecular complexity index is 2240. The lowest BCUT2D eigenvalue weighted by Crippen LogP contribution is -2.51. The summed E-state index contributed by atoms with van der Waals surface area (Å²) in [6.45, 7) is 1.78. The first-order valence-electron chi connectivity index (χ1n) is 15.5. The number of aliphatic carboxylic acids is 1. The van der Waals surface area contributed by atoms with Gasteiger partial charge in [-0.25, -0.2) is 30.5 Å². The zero-order valence-electron chi connectivity index (χ0n) is 25.6. The van der Waals surface area contributed by atoms with E-state index in [-0.39, 0.29) is 50.3 Å². The molecule has 0 spiro atoms. The topological polar surface area (TPSA) is 125 Å². The van der Waals surface area contributed by atoms with E-state index in [0.717, 1.165) is 43.5 Å². The lowest BCUT2D eigenvalue weighted by Gasteiger charge is -2.47. The Morgan fingerprint density at radius 2 is 1.67 bits per heavy atom. The Morgan fingerprint density at radius 3 is 2.31 bits per heavy atom. The fourth-order valence-corrected chi connectivity index (χ4v) is 8.83. The van der Waals surface area contributed by atoms with Crippen LogP contribution in [0, 0.1) is 53.5 Å². The molecular formula is C36H29F3N4O4S. The number of carboxylic acid groups (broad SMARTS) is 1. The molecule has 8 rings (SSSR count). The zero-order chi connectivity index (χ0) is 33.9. The molecule has 12 heteroatoms. The standard InChI is InChI=1S/C36H29F3N4O4S/c1-19-7-13-24(14-8-19)48(46,47)43-18-27(25-15-23(37)16-28(38)34(25)43)33-26(17-40)29(20-5-3-2-4-6-20)31(39)35(42-33)41-32-22-11-9-21(10-12-22)30(32)36(44)45/h2-8,13-16,18,21-22,30,32H,9-12H2,1H3,(H,41,42)(H,44,45). The molecule has 2 unspecified atom stereocenters. The zero-order valence-corrected chi connectivity index (χ0v) is 26.4. The van der Waals surface area contributed by atoms with E-state index in [1.165, 1.54) is 12.1 Å². The van der Waals surface area contributed by atoms with Crippen LogP contribution in [0.5, 0.6) is 0 Å². The Morgan fingerprint density at radius 1 is 1.00 bits per heavy atom. The van der Waals surface area contributed by atoms with Gasteiger partial charge in [-0.15, -0.1) is 0 Å². The average Bonchev–Trinajstić information content (AvgIpc) is 3.46. The molecule has 2 atom stereocenters. The second kappa shape index (κ2) is 11.8. The number of hydrogen-bond donors (Lipinski definition) is 2. The molecule has 0 amide bonds. The third kappa shape index (κ3) is 5.09. The van der Waals surface area contributed by atoms with Crippen LogP contribution < -0.4 is 5.32 Å². The van der Waals surface area contributed by atoms with Crippen molar-refractivity contribution in [2.75, 3.05) is 5.32 Å². The highest BCUT2D eigenvalue weighted by atomic mass is 32.2. The molecular weight excluding hydrogens is 641 g/mol. The van der Waals surface area contributed by atoms with E-state index in [4.69, 9.17) is 0 Å². The maximum Gasteiger partial charge on any atom is 0.308 e.